The Hall–Kier alpha value is -2.10. The molecule has 1 amide bonds. The van der Waals surface area contributed by atoms with Crippen LogP contribution in [0.5, 0.6) is 0 Å². The van der Waals surface area contributed by atoms with Gasteiger partial charge in [0.25, 0.3) is 5.91 Å². The van der Waals surface area contributed by atoms with Crippen molar-refractivity contribution < 1.29 is 4.79 Å². The van der Waals surface area contributed by atoms with Crippen LogP contribution in [0.4, 0.5) is 0 Å². The summed E-state index contributed by atoms with van der Waals surface area (Å²) < 4.78 is 0. The number of H-pyrrole nitrogens is 1. The summed E-state index contributed by atoms with van der Waals surface area (Å²) in [5, 5.41) is 5.26. The number of para-hydroxylation sites is 1. The van der Waals surface area contributed by atoms with Crippen LogP contribution >= 0.6 is 0 Å². The van der Waals surface area contributed by atoms with Crippen LogP contribution in [-0.2, 0) is 0 Å². The van der Waals surface area contributed by atoms with Gasteiger partial charge < -0.3 is 4.98 Å². The summed E-state index contributed by atoms with van der Waals surface area (Å²) in [5.41, 5.74) is 5.44. The highest BCUT2D eigenvalue weighted by Crippen LogP contribution is 2.21. The van der Waals surface area contributed by atoms with Gasteiger partial charge in [0.15, 0.2) is 0 Å². The van der Waals surface area contributed by atoms with Gasteiger partial charge in [-0.3, -0.25) is 4.79 Å². The average molecular weight is 269 g/mol. The minimum atomic E-state index is -0.146. The fraction of sp³-hybridized carbons (Fsp3) is 0.375. The van der Waals surface area contributed by atoms with Crippen LogP contribution in [0.15, 0.2) is 35.6 Å². The van der Waals surface area contributed by atoms with Crippen molar-refractivity contribution >= 4 is 22.5 Å². The van der Waals surface area contributed by atoms with E-state index in [1.165, 1.54) is 19.3 Å². The summed E-state index contributed by atoms with van der Waals surface area (Å²) in [5.74, 6) is 0.333. The number of carbonyl (C=O) groups excluding carboxylic acids is 1. The Balaban J connectivity index is 1.78. The summed E-state index contributed by atoms with van der Waals surface area (Å²) in [6.45, 7) is 2.18. The van der Waals surface area contributed by atoms with Crippen LogP contribution in [0.2, 0.25) is 0 Å². The summed E-state index contributed by atoms with van der Waals surface area (Å²) in [4.78, 5) is 15.3. The van der Waals surface area contributed by atoms with Gasteiger partial charge >= 0.3 is 0 Å². The van der Waals surface area contributed by atoms with Crippen molar-refractivity contribution in [2.75, 3.05) is 0 Å². The first kappa shape index (κ1) is 12.9. The molecule has 1 aliphatic carbocycles. The van der Waals surface area contributed by atoms with Crippen molar-refractivity contribution in [1.82, 2.24) is 10.4 Å². The highest BCUT2D eigenvalue weighted by molar-refractivity contribution is 6.07. The van der Waals surface area contributed by atoms with Gasteiger partial charge in [-0.2, -0.15) is 5.10 Å². The second-order valence-corrected chi connectivity index (χ2v) is 5.44. The van der Waals surface area contributed by atoms with E-state index in [2.05, 4.69) is 22.4 Å². The van der Waals surface area contributed by atoms with Crippen molar-refractivity contribution in [3.63, 3.8) is 0 Å². The molecule has 20 heavy (non-hydrogen) atoms. The van der Waals surface area contributed by atoms with E-state index in [9.17, 15) is 4.79 Å². The van der Waals surface area contributed by atoms with Gasteiger partial charge in [0.05, 0.1) is 5.56 Å². The Morgan fingerprint density at radius 3 is 3.05 bits per heavy atom. The summed E-state index contributed by atoms with van der Waals surface area (Å²) >= 11 is 0. The lowest BCUT2D eigenvalue weighted by Gasteiger charge is -2.19. The van der Waals surface area contributed by atoms with E-state index in [-0.39, 0.29) is 5.91 Å². The minimum Gasteiger partial charge on any atom is -0.360 e. The van der Waals surface area contributed by atoms with Gasteiger partial charge in [-0.05, 0) is 31.2 Å². The molecule has 2 aromatic rings. The average Bonchev–Trinajstić information content (AvgIpc) is 2.90. The number of amides is 1. The maximum Gasteiger partial charge on any atom is 0.273 e. The Morgan fingerprint density at radius 2 is 2.20 bits per heavy atom. The molecule has 0 spiro atoms. The quantitative estimate of drug-likeness (QED) is 0.806. The first-order valence-corrected chi connectivity index (χ1v) is 7.18. The highest BCUT2D eigenvalue weighted by atomic mass is 16.2. The van der Waals surface area contributed by atoms with Gasteiger partial charge in [0, 0.05) is 22.8 Å². The van der Waals surface area contributed by atoms with Crippen LogP contribution < -0.4 is 5.43 Å². The zero-order valence-electron chi connectivity index (χ0n) is 11.6. The van der Waals surface area contributed by atoms with Crippen molar-refractivity contribution in [2.45, 2.75) is 32.6 Å². The van der Waals surface area contributed by atoms with Crippen LogP contribution in [0.1, 0.15) is 43.0 Å². The normalized spacial score (nSPS) is 21.2. The molecule has 3 rings (SSSR count). The van der Waals surface area contributed by atoms with Crippen LogP contribution in [0.3, 0.4) is 0 Å². The molecule has 0 bridgehead atoms. The second kappa shape index (κ2) is 5.49. The van der Waals surface area contributed by atoms with E-state index in [1.54, 1.807) is 6.20 Å². The SMILES string of the molecule is C[C@H]1CCCCC1=NNC(=O)c1c[nH]c2ccccc12. The minimum absolute atomic E-state index is 0.146. The molecule has 1 aromatic heterocycles. The second-order valence-electron chi connectivity index (χ2n) is 5.44. The molecule has 0 aliphatic heterocycles. The van der Waals surface area contributed by atoms with Gasteiger partial charge in [0.1, 0.15) is 0 Å². The Bertz CT molecular complexity index is 657. The van der Waals surface area contributed by atoms with Crippen molar-refractivity contribution in [1.29, 1.82) is 0 Å². The Labute approximate surface area is 118 Å². The molecule has 1 aromatic carbocycles. The number of fused-ring (bicyclic) bond motifs is 1. The van der Waals surface area contributed by atoms with Crippen molar-refractivity contribution in [3.8, 4) is 0 Å². The van der Waals surface area contributed by atoms with E-state index < -0.39 is 0 Å². The molecular weight excluding hydrogens is 250 g/mol. The molecule has 0 radical (unpaired) electrons. The molecule has 1 heterocycles. The van der Waals surface area contributed by atoms with Gasteiger partial charge in [0.2, 0.25) is 0 Å². The summed E-state index contributed by atoms with van der Waals surface area (Å²) in [6.07, 6.45) is 6.34. The smallest absolute Gasteiger partial charge is 0.273 e. The first-order valence-electron chi connectivity index (χ1n) is 7.18. The molecule has 1 fully saturated rings. The van der Waals surface area contributed by atoms with Crippen molar-refractivity contribution in [3.05, 3.63) is 36.0 Å². The molecule has 1 atom stereocenters. The Kier molecular flexibility index (Phi) is 3.54. The van der Waals surface area contributed by atoms with Crippen LogP contribution in [0, 0.1) is 5.92 Å². The Morgan fingerprint density at radius 1 is 1.35 bits per heavy atom. The number of carbonyl (C=O) groups is 1. The largest absolute Gasteiger partial charge is 0.360 e. The third kappa shape index (κ3) is 2.46. The van der Waals surface area contributed by atoms with Gasteiger partial charge in [-0.1, -0.05) is 31.5 Å². The van der Waals surface area contributed by atoms with E-state index >= 15 is 0 Å². The van der Waals surface area contributed by atoms with E-state index in [4.69, 9.17) is 0 Å². The highest BCUT2D eigenvalue weighted by Gasteiger charge is 2.17. The maximum atomic E-state index is 12.2. The summed E-state index contributed by atoms with van der Waals surface area (Å²) in [7, 11) is 0. The maximum absolute atomic E-state index is 12.2. The standard InChI is InChI=1S/C16H19N3O/c1-11-6-2-4-8-14(11)18-19-16(20)13-10-17-15-9-5-3-7-12(13)15/h3,5,7,9-11,17H,2,4,6,8H2,1H3,(H,19,20)/t11-/m0/s1. The zero-order chi connectivity index (χ0) is 13.9. The number of hydrazone groups is 1. The number of aromatic amines is 1. The topological polar surface area (TPSA) is 57.2 Å². The van der Waals surface area contributed by atoms with Crippen LogP contribution in [0.25, 0.3) is 10.9 Å². The number of aromatic nitrogens is 1. The van der Waals surface area contributed by atoms with E-state index in [1.807, 2.05) is 24.3 Å². The predicted octanol–water partition coefficient (Wildman–Crippen LogP) is 3.46. The molecule has 4 heteroatoms. The number of benzene rings is 1. The lowest BCUT2D eigenvalue weighted by Crippen LogP contribution is -2.24. The van der Waals surface area contributed by atoms with E-state index in [0.29, 0.717) is 11.5 Å². The zero-order valence-corrected chi connectivity index (χ0v) is 11.6. The fourth-order valence-corrected chi connectivity index (χ4v) is 2.78. The molecule has 104 valence electrons. The predicted molar refractivity (Wildman–Crippen MR) is 80.8 cm³/mol. The van der Waals surface area contributed by atoms with Crippen molar-refractivity contribution in [2.24, 2.45) is 11.0 Å². The number of nitrogens with zero attached hydrogens (tertiary/aromatic N) is 1. The third-order valence-corrected chi connectivity index (χ3v) is 4.02. The number of rotatable bonds is 2. The third-order valence-electron chi connectivity index (χ3n) is 4.02. The fourth-order valence-electron chi connectivity index (χ4n) is 2.78. The van der Waals surface area contributed by atoms with Gasteiger partial charge in [-0.25, -0.2) is 5.43 Å². The molecule has 2 N–H and O–H groups in total. The molecule has 4 nitrogen and oxygen atoms in total. The monoisotopic (exact) mass is 269 g/mol. The molecule has 0 saturated heterocycles. The molecular formula is C16H19N3O. The summed E-state index contributed by atoms with van der Waals surface area (Å²) in [6, 6.07) is 7.78. The lowest BCUT2D eigenvalue weighted by atomic mass is 9.89. The first-order chi connectivity index (χ1) is 9.75. The molecule has 1 saturated carbocycles. The number of hydrogen-bond donors (Lipinski definition) is 2. The number of nitrogens with one attached hydrogen (secondary N) is 2. The van der Waals surface area contributed by atoms with Crippen LogP contribution in [-0.4, -0.2) is 16.6 Å². The molecule has 1 aliphatic rings. The lowest BCUT2D eigenvalue weighted by molar-refractivity contribution is 0.0956. The van der Waals surface area contributed by atoms with Gasteiger partial charge in [-0.15, -0.1) is 0 Å². The molecule has 0 unspecified atom stereocenters. The van der Waals surface area contributed by atoms with E-state index in [0.717, 1.165) is 23.0 Å². The number of hydrogen-bond acceptors (Lipinski definition) is 2.